The average molecular weight is 357 g/mol. The second-order valence-electron chi connectivity index (χ2n) is 5.75. The Hall–Kier alpha value is -3.02. The maximum Gasteiger partial charge on any atom is 0.413 e. The summed E-state index contributed by atoms with van der Waals surface area (Å²) in [4.78, 5) is 25.3. The number of hydrogen-bond acceptors (Lipinski definition) is 5. The fourth-order valence-electron chi connectivity index (χ4n) is 2.56. The number of hydrogen-bond donors (Lipinski definition) is 0. The number of carbonyl (C=O) groups is 2. The summed E-state index contributed by atoms with van der Waals surface area (Å²) in [5.74, 6) is 0.274. The zero-order valence-corrected chi connectivity index (χ0v) is 15.4. The van der Waals surface area contributed by atoms with E-state index < -0.39 is 12.1 Å². The molecular weight excluding hydrogens is 334 g/mol. The summed E-state index contributed by atoms with van der Waals surface area (Å²) in [5.41, 5.74) is 2.76. The monoisotopic (exact) mass is 357 g/mol. The van der Waals surface area contributed by atoms with Crippen LogP contribution in [-0.2, 0) is 9.47 Å². The van der Waals surface area contributed by atoms with Gasteiger partial charge in [0.15, 0.2) is 0 Å². The zero-order chi connectivity index (χ0) is 19.1. The molecule has 0 saturated heterocycles. The van der Waals surface area contributed by atoms with E-state index in [1.54, 1.807) is 24.3 Å². The molecule has 0 atom stereocenters. The maximum atomic E-state index is 12.4. The number of esters is 1. The van der Waals surface area contributed by atoms with Crippen molar-refractivity contribution in [1.29, 1.82) is 0 Å². The number of rotatable bonds is 6. The van der Waals surface area contributed by atoms with Crippen molar-refractivity contribution in [3.8, 4) is 5.75 Å². The predicted octanol–water partition coefficient (Wildman–Crippen LogP) is 3.74. The number of ether oxygens (including phenoxy) is 3. The van der Waals surface area contributed by atoms with Gasteiger partial charge >= 0.3 is 12.1 Å². The molecule has 0 N–H and O–H groups in total. The quantitative estimate of drug-likeness (QED) is 0.582. The van der Waals surface area contributed by atoms with Crippen LogP contribution >= 0.6 is 0 Å². The Kier molecular flexibility index (Phi) is 6.60. The van der Waals surface area contributed by atoms with Crippen molar-refractivity contribution in [3.63, 3.8) is 0 Å². The summed E-state index contributed by atoms with van der Waals surface area (Å²) in [5, 5.41) is 0. The minimum absolute atomic E-state index is 0.100. The SMILES string of the molecule is COC(=O)N(C)c1ccccc1C(=O)OCCOc1c(C)cccc1C. The molecule has 6 nitrogen and oxygen atoms in total. The van der Waals surface area contributed by atoms with Gasteiger partial charge in [-0.3, -0.25) is 4.90 Å². The molecule has 0 aliphatic carbocycles. The highest BCUT2D eigenvalue weighted by molar-refractivity contribution is 6.00. The fraction of sp³-hybridized carbons (Fsp3) is 0.300. The largest absolute Gasteiger partial charge is 0.489 e. The molecule has 0 fully saturated rings. The van der Waals surface area contributed by atoms with Gasteiger partial charge in [0.25, 0.3) is 0 Å². The first kappa shape index (κ1) is 19.3. The van der Waals surface area contributed by atoms with Crippen LogP contribution in [0.5, 0.6) is 5.75 Å². The highest BCUT2D eigenvalue weighted by atomic mass is 16.6. The van der Waals surface area contributed by atoms with Crippen molar-refractivity contribution in [2.45, 2.75) is 13.8 Å². The molecule has 2 rings (SSSR count). The van der Waals surface area contributed by atoms with Crippen molar-refractivity contribution in [3.05, 3.63) is 59.2 Å². The van der Waals surface area contributed by atoms with E-state index >= 15 is 0 Å². The summed E-state index contributed by atoms with van der Waals surface area (Å²) in [6.45, 7) is 4.27. The molecule has 0 heterocycles. The van der Waals surface area contributed by atoms with Crippen LogP contribution in [0.3, 0.4) is 0 Å². The van der Waals surface area contributed by atoms with Gasteiger partial charge in [-0.05, 0) is 37.1 Å². The Morgan fingerprint density at radius 3 is 2.27 bits per heavy atom. The topological polar surface area (TPSA) is 65.1 Å². The molecule has 0 saturated carbocycles. The third kappa shape index (κ3) is 4.53. The van der Waals surface area contributed by atoms with Crippen LogP contribution in [0.15, 0.2) is 42.5 Å². The van der Waals surface area contributed by atoms with Crippen molar-refractivity contribution in [1.82, 2.24) is 0 Å². The number of benzene rings is 2. The normalized spacial score (nSPS) is 10.2. The molecule has 2 aromatic rings. The molecule has 26 heavy (non-hydrogen) atoms. The molecule has 0 bridgehead atoms. The highest BCUT2D eigenvalue weighted by Crippen LogP contribution is 2.23. The van der Waals surface area contributed by atoms with Crippen molar-refractivity contribution in [2.24, 2.45) is 0 Å². The molecule has 138 valence electrons. The molecule has 0 aromatic heterocycles. The molecule has 1 amide bonds. The van der Waals surface area contributed by atoms with Gasteiger partial charge in [0.05, 0.1) is 18.4 Å². The van der Waals surface area contributed by atoms with Crippen LogP contribution in [0.1, 0.15) is 21.5 Å². The molecule has 0 aliphatic rings. The Morgan fingerprint density at radius 2 is 1.62 bits per heavy atom. The first-order chi connectivity index (χ1) is 12.5. The summed E-state index contributed by atoms with van der Waals surface area (Å²) in [6, 6.07) is 12.6. The first-order valence-electron chi connectivity index (χ1n) is 8.22. The number of methoxy groups -OCH3 is 1. The van der Waals surface area contributed by atoms with Crippen LogP contribution in [0.4, 0.5) is 10.5 Å². The van der Waals surface area contributed by atoms with Crippen LogP contribution in [0.25, 0.3) is 0 Å². The van der Waals surface area contributed by atoms with Gasteiger partial charge in [-0.1, -0.05) is 30.3 Å². The lowest BCUT2D eigenvalue weighted by Gasteiger charge is -2.18. The number of para-hydroxylation sites is 2. The van der Waals surface area contributed by atoms with Crippen LogP contribution in [0, 0.1) is 13.8 Å². The van der Waals surface area contributed by atoms with Gasteiger partial charge in [-0.15, -0.1) is 0 Å². The zero-order valence-electron chi connectivity index (χ0n) is 15.4. The van der Waals surface area contributed by atoms with Gasteiger partial charge in [0, 0.05) is 7.05 Å². The van der Waals surface area contributed by atoms with Crippen molar-refractivity contribution >= 4 is 17.7 Å². The fourth-order valence-corrected chi connectivity index (χ4v) is 2.56. The smallest absolute Gasteiger partial charge is 0.413 e. The van der Waals surface area contributed by atoms with Gasteiger partial charge in [0.1, 0.15) is 19.0 Å². The summed E-state index contributed by atoms with van der Waals surface area (Å²) >= 11 is 0. The molecular formula is C20H23NO5. The van der Waals surface area contributed by atoms with Crippen LogP contribution in [-0.4, -0.2) is 39.4 Å². The third-order valence-electron chi connectivity index (χ3n) is 3.91. The van der Waals surface area contributed by atoms with E-state index in [4.69, 9.17) is 9.47 Å². The van der Waals surface area contributed by atoms with Crippen molar-refractivity contribution in [2.75, 3.05) is 32.3 Å². The second-order valence-corrected chi connectivity index (χ2v) is 5.75. The first-order valence-corrected chi connectivity index (χ1v) is 8.22. The van der Waals surface area contributed by atoms with E-state index in [1.165, 1.54) is 19.1 Å². The standard InChI is InChI=1S/C20H23NO5/c1-14-8-7-9-15(2)18(14)25-12-13-26-19(22)16-10-5-6-11-17(16)21(3)20(23)24-4/h5-11H,12-13H2,1-4H3. The molecule has 0 spiro atoms. The molecule has 0 unspecified atom stereocenters. The Balaban J connectivity index is 1.97. The number of nitrogens with zero attached hydrogens (tertiary/aromatic N) is 1. The second kappa shape index (κ2) is 8.89. The Labute approximate surface area is 153 Å². The minimum atomic E-state index is -0.566. The minimum Gasteiger partial charge on any atom is -0.489 e. The predicted molar refractivity (Wildman–Crippen MR) is 98.9 cm³/mol. The number of aryl methyl sites for hydroxylation is 2. The Morgan fingerprint density at radius 1 is 0.962 bits per heavy atom. The van der Waals surface area contributed by atoms with E-state index in [0.717, 1.165) is 16.9 Å². The summed E-state index contributed by atoms with van der Waals surface area (Å²) < 4.78 is 15.7. The van der Waals surface area contributed by atoms with Crippen LogP contribution < -0.4 is 9.64 Å². The number of amides is 1. The molecule has 6 heteroatoms. The van der Waals surface area contributed by atoms with Gasteiger partial charge in [0.2, 0.25) is 0 Å². The third-order valence-corrected chi connectivity index (χ3v) is 3.91. The molecule has 0 aliphatic heterocycles. The van der Waals surface area contributed by atoms with E-state index in [2.05, 4.69) is 4.74 Å². The molecule has 0 radical (unpaired) electrons. The van der Waals surface area contributed by atoms with Gasteiger partial charge in [-0.2, -0.15) is 0 Å². The number of anilines is 1. The lowest BCUT2D eigenvalue weighted by Crippen LogP contribution is -2.28. The van der Waals surface area contributed by atoms with E-state index in [0.29, 0.717) is 5.69 Å². The van der Waals surface area contributed by atoms with Gasteiger partial charge < -0.3 is 14.2 Å². The van der Waals surface area contributed by atoms with Crippen LogP contribution in [0.2, 0.25) is 0 Å². The van der Waals surface area contributed by atoms with E-state index in [9.17, 15) is 9.59 Å². The Bertz CT molecular complexity index is 767. The molecule has 2 aromatic carbocycles. The van der Waals surface area contributed by atoms with Gasteiger partial charge in [-0.25, -0.2) is 9.59 Å². The summed E-state index contributed by atoms with van der Waals surface area (Å²) in [6.07, 6.45) is -0.566. The highest BCUT2D eigenvalue weighted by Gasteiger charge is 2.19. The lowest BCUT2D eigenvalue weighted by molar-refractivity contribution is 0.0450. The number of carbonyl (C=O) groups excluding carboxylic acids is 2. The van der Waals surface area contributed by atoms with Crippen molar-refractivity contribution < 1.29 is 23.8 Å². The maximum absolute atomic E-state index is 12.4. The summed E-state index contributed by atoms with van der Waals surface area (Å²) in [7, 11) is 2.81. The van der Waals surface area contributed by atoms with E-state index in [1.807, 2.05) is 32.0 Å². The van der Waals surface area contributed by atoms with E-state index in [-0.39, 0.29) is 18.8 Å². The average Bonchev–Trinajstić information content (AvgIpc) is 2.65. The lowest BCUT2D eigenvalue weighted by atomic mass is 10.1.